The van der Waals surface area contributed by atoms with Gasteiger partial charge >= 0.3 is 0 Å². The summed E-state index contributed by atoms with van der Waals surface area (Å²) >= 11 is 0. The maximum atomic E-state index is 12.6. The second-order valence-corrected chi connectivity index (χ2v) is 6.82. The van der Waals surface area contributed by atoms with Gasteiger partial charge in [-0.15, -0.1) is 0 Å². The summed E-state index contributed by atoms with van der Waals surface area (Å²) in [4.78, 5) is 10.2. The van der Waals surface area contributed by atoms with E-state index in [-0.39, 0.29) is 23.2 Å². The van der Waals surface area contributed by atoms with Crippen molar-refractivity contribution in [1.82, 2.24) is 4.31 Å². The van der Waals surface area contributed by atoms with Gasteiger partial charge in [-0.2, -0.15) is 4.31 Å². The predicted molar refractivity (Wildman–Crippen MR) is 73.8 cm³/mol. The van der Waals surface area contributed by atoms with E-state index in [1.54, 1.807) is 13.0 Å². The Labute approximate surface area is 117 Å². The molecule has 8 heteroatoms. The van der Waals surface area contributed by atoms with Gasteiger partial charge in [-0.3, -0.25) is 10.1 Å². The molecule has 1 aliphatic rings. The Kier molecular flexibility index (Phi) is 4.07. The molecule has 2 N–H and O–H groups in total. The summed E-state index contributed by atoms with van der Waals surface area (Å²) in [5.41, 5.74) is 5.78. The van der Waals surface area contributed by atoms with Gasteiger partial charge in [0, 0.05) is 25.2 Å². The maximum Gasteiger partial charge on any atom is 0.289 e. The van der Waals surface area contributed by atoms with E-state index in [4.69, 9.17) is 5.73 Å². The molecule has 1 atom stereocenters. The average Bonchev–Trinajstić information content (AvgIpc) is 2.38. The number of sulfonamides is 1. The monoisotopic (exact) mass is 299 g/mol. The maximum absolute atomic E-state index is 12.6. The lowest BCUT2D eigenvalue weighted by Gasteiger charge is -2.30. The molecule has 1 unspecified atom stereocenters. The number of hydrogen-bond acceptors (Lipinski definition) is 5. The van der Waals surface area contributed by atoms with E-state index in [1.165, 1.54) is 16.4 Å². The topological polar surface area (TPSA) is 107 Å². The van der Waals surface area contributed by atoms with Crippen molar-refractivity contribution in [3.05, 3.63) is 33.9 Å². The highest BCUT2D eigenvalue weighted by molar-refractivity contribution is 7.89. The smallest absolute Gasteiger partial charge is 0.289 e. The number of nitrogens with two attached hydrogens (primary N) is 1. The van der Waals surface area contributed by atoms with Crippen LogP contribution < -0.4 is 5.73 Å². The molecular weight excluding hydrogens is 282 g/mol. The Bertz CT molecular complexity index is 630. The van der Waals surface area contributed by atoms with Crippen LogP contribution in [0.5, 0.6) is 0 Å². The van der Waals surface area contributed by atoms with Crippen LogP contribution in [0.1, 0.15) is 18.4 Å². The fourth-order valence-corrected chi connectivity index (χ4v) is 4.33. The van der Waals surface area contributed by atoms with Gasteiger partial charge in [0.15, 0.2) is 4.90 Å². The van der Waals surface area contributed by atoms with Crippen molar-refractivity contribution in [2.45, 2.75) is 30.7 Å². The zero-order valence-corrected chi connectivity index (χ0v) is 12.0. The van der Waals surface area contributed by atoms with E-state index >= 15 is 0 Å². The molecule has 1 aromatic rings. The number of benzene rings is 1. The van der Waals surface area contributed by atoms with E-state index in [0.29, 0.717) is 18.5 Å². The van der Waals surface area contributed by atoms with E-state index < -0.39 is 14.9 Å². The van der Waals surface area contributed by atoms with Crippen molar-refractivity contribution in [3.63, 3.8) is 0 Å². The minimum Gasteiger partial charge on any atom is -0.327 e. The molecule has 1 aromatic carbocycles. The number of nitrogens with zero attached hydrogens (tertiary/aromatic N) is 2. The van der Waals surface area contributed by atoms with Crippen LogP contribution in [-0.4, -0.2) is 36.8 Å². The normalized spacial score (nSPS) is 20.8. The number of rotatable bonds is 3. The highest BCUT2D eigenvalue weighted by Crippen LogP contribution is 2.30. The fraction of sp³-hybridized carbons (Fsp3) is 0.500. The van der Waals surface area contributed by atoms with Crippen LogP contribution in [0.15, 0.2) is 23.1 Å². The molecular formula is C12H17N3O4S. The molecule has 2 rings (SSSR count). The number of piperidine rings is 1. The molecule has 0 bridgehead atoms. The molecule has 0 saturated carbocycles. The summed E-state index contributed by atoms with van der Waals surface area (Å²) in [6.45, 7) is 2.11. The largest absolute Gasteiger partial charge is 0.327 e. The molecule has 0 aromatic heterocycles. The van der Waals surface area contributed by atoms with Crippen LogP contribution in [0.25, 0.3) is 0 Å². The summed E-state index contributed by atoms with van der Waals surface area (Å²) in [5, 5.41) is 11.1. The number of hydrogen-bond donors (Lipinski definition) is 1. The second-order valence-electron chi connectivity index (χ2n) is 4.95. The van der Waals surface area contributed by atoms with Gasteiger partial charge in [0.1, 0.15) is 0 Å². The van der Waals surface area contributed by atoms with Crippen molar-refractivity contribution >= 4 is 15.7 Å². The van der Waals surface area contributed by atoms with Crippen molar-refractivity contribution in [2.24, 2.45) is 5.73 Å². The molecule has 0 spiro atoms. The third-order valence-corrected chi connectivity index (χ3v) is 5.46. The summed E-state index contributed by atoms with van der Waals surface area (Å²) in [6.07, 6.45) is 1.43. The first-order valence-corrected chi connectivity index (χ1v) is 7.78. The minimum absolute atomic E-state index is 0.202. The van der Waals surface area contributed by atoms with Crippen molar-refractivity contribution in [3.8, 4) is 0 Å². The summed E-state index contributed by atoms with van der Waals surface area (Å²) in [5.74, 6) is 0. The van der Waals surface area contributed by atoms with E-state index in [0.717, 1.165) is 6.42 Å². The van der Waals surface area contributed by atoms with Crippen LogP contribution in [0.2, 0.25) is 0 Å². The second kappa shape index (κ2) is 5.47. The predicted octanol–water partition coefficient (Wildman–Crippen LogP) is 1.02. The van der Waals surface area contributed by atoms with Crippen molar-refractivity contribution < 1.29 is 13.3 Å². The first kappa shape index (κ1) is 14.9. The standard InChI is InChI=1S/C12H17N3O4S/c1-9-4-2-6-11(15(16)17)12(9)20(18,19)14-7-3-5-10(13)8-14/h2,4,6,10H,3,5,7-8,13H2,1H3. The number of aryl methyl sites for hydroxylation is 1. The van der Waals surface area contributed by atoms with Crippen LogP contribution in [0.3, 0.4) is 0 Å². The van der Waals surface area contributed by atoms with Gasteiger partial charge in [-0.05, 0) is 25.3 Å². The van der Waals surface area contributed by atoms with Gasteiger partial charge in [-0.1, -0.05) is 12.1 Å². The van der Waals surface area contributed by atoms with E-state index in [2.05, 4.69) is 0 Å². The molecule has 1 heterocycles. The van der Waals surface area contributed by atoms with E-state index in [1.807, 2.05) is 0 Å². The third kappa shape index (κ3) is 2.67. The Morgan fingerprint density at radius 2 is 2.15 bits per heavy atom. The molecule has 1 fully saturated rings. The highest BCUT2D eigenvalue weighted by atomic mass is 32.2. The summed E-state index contributed by atoms with van der Waals surface area (Å²) in [7, 11) is -3.89. The van der Waals surface area contributed by atoms with Gasteiger partial charge in [0.05, 0.1) is 4.92 Å². The first-order valence-electron chi connectivity index (χ1n) is 6.34. The van der Waals surface area contributed by atoms with Gasteiger partial charge in [0.25, 0.3) is 5.69 Å². The molecule has 7 nitrogen and oxygen atoms in total. The molecule has 0 amide bonds. The quantitative estimate of drug-likeness (QED) is 0.662. The zero-order chi connectivity index (χ0) is 14.9. The average molecular weight is 299 g/mol. The Morgan fingerprint density at radius 1 is 1.45 bits per heavy atom. The van der Waals surface area contributed by atoms with Gasteiger partial charge in [0.2, 0.25) is 10.0 Å². The molecule has 20 heavy (non-hydrogen) atoms. The third-order valence-electron chi connectivity index (χ3n) is 3.41. The number of nitro groups is 1. The Balaban J connectivity index is 2.52. The summed E-state index contributed by atoms with van der Waals surface area (Å²) in [6, 6.07) is 4.03. The lowest BCUT2D eigenvalue weighted by Crippen LogP contribution is -2.45. The zero-order valence-electron chi connectivity index (χ0n) is 11.2. The lowest BCUT2D eigenvalue weighted by molar-refractivity contribution is -0.387. The lowest BCUT2D eigenvalue weighted by atomic mass is 10.1. The molecule has 1 saturated heterocycles. The Hall–Kier alpha value is -1.51. The molecule has 110 valence electrons. The van der Waals surface area contributed by atoms with Crippen LogP contribution in [0, 0.1) is 17.0 Å². The number of nitro benzene ring substituents is 1. The van der Waals surface area contributed by atoms with Crippen LogP contribution in [-0.2, 0) is 10.0 Å². The van der Waals surface area contributed by atoms with E-state index in [9.17, 15) is 18.5 Å². The molecule has 1 aliphatic heterocycles. The SMILES string of the molecule is Cc1cccc([N+](=O)[O-])c1S(=O)(=O)N1CCCC(N)C1. The fourth-order valence-electron chi connectivity index (χ4n) is 2.44. The van der Waals surface area contributed by atoms with Crippen LogP contribution >= 0.6 is 0 Å². The first-order chi connectivity index (χ1) is 9.34. The molecule has 0 radical (unpaired) electrons. The highest BCUT2D eigenvalue weighted by Gasteiger charge is 2.35. The minimum atomic E-state index is -3.89. The van der Waals surface area contributed by atoms with Crippen LogP contribution in [0.4, 0.5) is 5.69 Å². The molecule has 0 aliphatic carbocycles. The Morgan fingerprint density at radius 3 is 2.75 bits per heavy atom. The summed E-state index contributed by atoms with van der Waals surface area (Å²) < 4.78 is 26.5. The van der Waals surface area contributed by atoms with Crippen molar-refractivity contribution in [2.75, 3.05) is 13.1 Å². The van der Waals surface area contributed by atoms with Crippen molar-refractivity contribution in [1.29, 1.82) is 0 Å². The van der Waals surface area contributed by atoms with Gasteiger partial charge < -0.3 is 5.73 Å². The van der Waals surface area contributed by atoms with Gasteiger partial charge in [-0.25, -0.2) is 8.42 Å².